The second-order valence-corrected chi connectivity index (χ2v) is 8.59. The summed E-state index contributed by atoms with van der Waals surface area (Å²) in [6.07, 6.45) is 4.58. The predicted molar refractivity (Wildman–Crippen MR) is 115 cm³/mol. The molecule has 4 rings (SSSR count). The van der Waals surface area contributed by atoms with Crippen molar-refractivity contribution in [3.05, 3.63) is 65.7 Å². The van der Waals surface area contributed by atoms with E-state index in [-0.39, 0.29) is 12.1 Å². The van der Waals surface area contributed by atoms with Crippen LogP contribution in [0.4, 0.5) is 10.5 Å². The summed E-state index contributed by atoms with van der Waals surface area (Å²) in [5.41, 5.74) is 3.52. The minimum Gasteiger partial charge on any atom is -0.335 e. The third-order valence-electron chi connectivity index (χ3n) is 6.26. The third-order valence-corrected chi connectivity index (χ3v) is 6.26. The molecule has 4 heteroatoms. The molecule has 2 unspecified atom stereocenters. The number of nitrogens with one attached hydrogen (secondary N) is 2. The van der Waals surface area contributed by atoms with Crippen LogP contribution in [0.2, 0.25) is 0 Å². The van der Waals surface area contributed by atoms with E-state index in [4.69, 9.17) is 0 Å². The molecule has 0 radical (unpaired) electrons. The molecule has 0 aromatic heterocycles. The van der Waals surface area contributed by atoms with E-state index < -0.39 is 0 Å². The number of piperidine rings is 1. The van der Waals surface area contributed by atoms with Crippen LogP contribution >= 0.6 is 0 Å². The maximum Gasteiger partial charge on any atom is 0.319 e. The average molecular weight is 378 g/mol. The molecule has 2 bridgehead atoms. The van der Waals surface area contributed by atoms with E-state index in [9.17, 15) is 4.79 Å². The fourth-order valence-electron chi connectivity index (χ4n) is 4.75. The molecule has 2 aromatic rings. The van der Waals surface area contributed by atoms with Gasteiger partial charge in [0, 0.05) is 30.4 Å². The number of urea groups is 1. The molecule has 2 aromatic carbocycles. The third kappa shape index (κ3) is 4.39. The summed E-state index contributed by atoms with van der Waals surface area (Å²) in [6.45, 7) is 5.37. The monoisotopic (exact) mass is 377 g/mol. The zero-order valence-electron chi connectivity index (χ0n) is 16.9. The van der Waals surface area contributed by atoms with Gasteiger partial charge in [0.2, 0.25) is 0 Å². The van der Waals surface area contributed by atoms with Crippen molar-refractivity contribution < 1.29 is 4.79 Å². The molecule has 28 heavy (non-hydrogen) atoms. The van der Waals surface area contributed by atoms with Crippen LogP contribution in [0.15, 0.2) is 54.6 Å². The standard InChI is InChI=1S/C24H31N3O/c1-17(2)19-8-10-20(11-9-19)25-24(28)26-21-14-22-12-13-23(15-21)27(22)16-18-6-4-3-5-7-18/h3-11,17,21-23H,12-16H2,1-2H3,(H2,25,26,28). The van der Waals surface area contributed by atoms with Crippen molar-refractivity contribution in [2.75, 3.05) is 5.32 Å². The van der Waals surface area contributed by atoms with Gasteiger partial charge in [0.05, 0.1) is 0 Å². The molecule has 0 spiro atoms. The molecule has 2 saturated heterocycles. The topological polar surface area (TPSA) is 44.4 Å². The number of hydrogen-bond acceptors (Lipinski definition) is 2. The number of fused-ring (bicyclic) bond motifs is 2. The number of hydrogen-bond donors (Lipinski definition) is 2. The summed E-state index contributed by atoms with van der Waals surface area (Å²) < 4.78 is 0. The molecular weight excluding hydrogens is 346 g/mol. The fraction of sp³-hybridized carbons (Fsp3) is 0.458. The van der Waals surface area contributed by atoms with Gasteiger partial charge in [-0.2, -0.15) is 0 Å². The molecule has 0 aliphatic carbocycles. The first kappa shape index (κ1) is 19.0. The van der Waals surface area contributed by atoms with E-state index in [1.807, 2.05) is 12.1 Å². The first-order valence-corrected chi connectivity index (χ1v) is 10.6. The number of carbonyl (C=O) groups excluding carboxylic acids is 1. The summed E-state index contributed by atoms with van der Waals surface area (Å²) >= 11 is 0. The van der Waals surface area contributed by atoms with Gasteiger partial charge in [-0.25, -0.2) is 4.79 Å². The van der Waals surface area contributed by atoms with Crippen molar-refractivity contribution in [3.8, 4) is 0 Å². The van der Waals surface area contributed by atoms with Crippen LogP contribution in [-0.2, 0) is 6.54 Å². The number of rotatable bonds is 5. The van der Waals surface area contributed by atoms with Crippen molar-refractivity contribution in [2.45, 2.75) is 70.1 Å². The van der Waals surface area contributed by atoms with Gasteiger partial charge in [-0.1, -0.05) is 56.3 Å². The Morgan fingerprint density at radius 1 is 1.00 bits per heavy atom. The molecule has 2 atom stereocenters. The lowest BCUT2D eigenvalue weighted by Gasteiger charge is -2.39. The number of anilines is 1. The van der Waals surface area contributed by atoms with Gasteiger partial charge in [-0.05, 0) is 54.9 Å². The van der Waals surface area contributed by atoms with E-state index in [0.29, 0.717) is 18.0 Å². The Morgan fingerprint density at radius 2 is 1.64 bits per heavy atom. The maximum absolute atomic E-state index is 12.5. The van der Waals surface area contributed by atoms with Gasteiger partial charge < -0.3 is 10.6 Å². The van der Waals surface area contributed by atoms with Gasteiger partial charge in [0.25, 0.3) is 0 Å². The Morgan fingerprint density at radius 3 is 2.25 bits per heavy atom. The molecule has 148 valence electrons. The Bertz CT molecular complexity index is 773. The zero-order chi connectivity index (χ0) is 19.5. The highest BCUT2D eigenvalue weighted by Gasteiger charge is 2.40. The number of benzene rings is 2. The molecule has 2 amide bonds. The van der Waals surface area contributed by atoms with Crippen LogP contribution in [0, 0.1) is 0 Å². The number of nitrogens with zero attached hydrogens (tertiary/aromatic N) is 1. The van der Waals surface area contributed by atoms with E-state index in [1.54, 1.807) is 0 Å². The van der Waals surface area contributed by atoms with E-state index in [2.05, 4.69) is 71.8 Å². The normalized spacial score (nSPS) is 24.3. The van der Waals surface area contributed by atoms with Crippen molar-refractivity contribution >= 4 is 11.7 Å². The molecule has 2 fully saturated rings. The fourth-order valence-corrected chi connectivity index (χ4v) is 4.75. The Balaban J connectivity index is 1.30. The second kappa shape index (κ2) is 8.36. The van der Waals surface area contributed by atoms with Crippen LogP contribution < -0.4 is 10.6 Å². The van der Waals surface area contributed by atoms with Gasteiger partial charge in [0.1, 0.15) is 0 Å². The van der Waals surface area contributed by atoms with Crippen LogP contribution in [0.5, 0.6) is 0 Å². The Labute approximate surface area is 168 Å². The van der Waals surface area contributed by atoms with Gasteiger partial charge in [-0.15, -0.1) is 0 Å². The SMILES string of the molecule is CC(C)c1ccc(NC(=O)NC2CC3CCC(C2)N3Cc2ccccc2)cc1. The zero-order valence-corrected chi connectivity index (χ0v) is 16.9. The van der Waals surface area contributed by atoms with E-state index >= 15 is 0 Å². The summed E-state index contributed by atoms with van der Waals surface area (Å²) in [4.78, 5) is 15.1. The Kier molecular flexibility index (Phi) is 5.67. The molecule has 2 aliphatic rings. The van der Waals surface area contributed by atoms with Gasteiger partial charge in [-0.3, -0.25) is 4.90 Å². The largest absolute Gasteiger partial charge is 0.335 e. The van der Waals surface area contributed by atoms with Gasteiger partial charge >= 0.3 is 6.03 Å². The summed E-state index contributed by atoms with van der Waals surface area (Å²) in [7, 11) is 0. The van der Waals surface area contributed by atoms with E-state index in [0.717, 1.165) is 25.1 Å². The lowest BCUT2D eigenvalue weighted by molar-refractivity contribution is 0.112. The highest BCUT2D eigenvalue weighted by Crippen LogP contribution is 2.36. The summed E-state index contributed by atoms with van der Waals surface area (Å²) in [5, 5.41) is 6.21. The van der Waals surface area contributed by atoms with Crippen LogP contribution in [0.3, 0.4) is 0 Å². The van der Waals surface area contributed by atoms with Crippen LogP contribution in [0.25, 0.3) is 0 Å². The molecule has 2 heterocycles. The van der Waals surface area contributed by atoms with Crippen molar-refractivity contribution in [1.29, 1.82) is 0 Å². The lowest BCUT2D eigenvalue weighted by Crippen LogP contribution is -2.50. The highest BCUT2D eigenvalue weighted by atomic mass is 16.2. The molecule has 4 nitrogen and oxygen atoms in total. The smallest absolute Gasteiger partial charge is 0.319 e. The van der Waals surface area contributed by atoms with Crippen molar-refractivity contribution in [2.24, 2.45) is 0 Å². The van der Waals surface area contributed by atoms with Crippen LogP contribution in [-0.4, -0.2) is 29.1 Å². The predicted octanol–water partition coefficient (Wildman–Crippen LogP) is 5.13. The minimum atomic E-state index is -0.0850. The minimum absolute atomic E-state index is 0.0850. The van der Waals surface area contributed by atoms with Crippen LogP contribution in [0.1, 0.15) is 56.6 Å². The highest BCUT2D eigenvalue weighted by molar-refractivity contribution is 5.89. The molecular formula is C24H31N3O. The maximum atomic E-state index is 12.5. The molecule has 2 N–H and O–H groups in total. The first-order chi connectivity index (χ1) is 13.6. The Hall–Kier alpha value is -2.33. The summed E-state index contributed by atoms with van der Waals surface area (Å²) in [6, 6.07) is 20.2. The lowest BCUT2D eigenvalue weighted by atomic mass is 9.96. The van der Waals surface area contributed by atoms with Crippen molar-refractivity contribution in [1.82, 2.24) is 10.2 Å². The number of carbonyl (C=O) groups is 1. The first-order valence-electron chi connectivity index (χ1n) is 10.6. The molecule has 2 aliphatic heterocycles. The number of amides is 2. The molecule has 0 saturated carbocycles. The van der Waals surface area contributed by atoms with Gasteiger partial charge in [0.15, 0.2) is 0 Å². The average Bonchev–Trinajstić information content (AvgIpc) is 2.91. The van der Waals surface area contributed by atoms with E-state index in [1.165, 1.54) is 24.0 Å². The second-order valence-electron chi connectivity index (χ2n) is 8.59. The van der Waals surface area contributed by atoms with Crippen molar-refractivity contribution in [3.63, 3.8) is 0 Å². The summed E-state index contributed by atoms with van der Waals surface area (Å²) in [5.74, 6) is 0.499. The quantitative estimate of drug-likeness (QED) is 0.759.